The molecule has 0 radical (unpaired) electrons. The highest BCUT2D eigenvalue weighted by molar-refractivity contribution is 5.90. The molecule has 8 heteroatoms. The van der Waals surface area contributed by atoms with Crippen molar-refractivity contribution < 1.29 is 29.0 Å². The molecule has 0 spiro atoms. The van der Waals surface area contributed by atoms with Crippen LogP contribution in [0.2, 0.25) is 0 Å². The van der Waals surface area contributed by atoms with Crippen LogP contribution in [0.25, 0.3) is 11.1 Å². The maximum absolute atomic E-state index is 13.1. The van der Waals surface area contributed by atoms with Crippen molar-refractivity contribution in [3.63, 3.8) is 0 Å². The SMILES string of the molecule is CN(C(=O)[C@H]1OCC[C@H]1CNC(=O)OCC1c2ccccc2-c2ccccc21)C1(C(=O)O)CCC1. The molecule has 0 bridgehead atoms. The number of fused-ring (bicyclic) bond motifs is 3. The minimum absolute atomic E-state index is 0.0272. The Labute approximate surface area is 204 Å². The van der Waals surface area contributed by atoms with E-state index in [0.29, 0.717) is 25.9 Å². The number of nitrogens with one attached hydrogen (secondary N) is 1. The summed E-state index contributed by atoms with van der Waals surface area (Å²) >= 11 is 0. The van der Waals surface area contributed by atoms with Crippen molar-refractivity contribution in [3.05, 3.63) is 59.7 Å². The second kappa shape index (κ2) is 9.34. The van der Waals surface area contributed by atoms with Crippen LogP contribution >= 0.6 is 0 Å². The molecule has 8 nitrogen and oxygen atoms in total. The van der Waals surface area contributed by atoms with Crippen molar-refractivity contribution in [3.8, 4) is 11.1 Å². The topological polar surface area (TPSA) is 105 Å². The van der Waals surface area contributed by atoms with Crippen molar-refractivity contribution in [1.82, 2.24) is 10.2 Å². The Balaban J connectivity index is 1.17. The number of benzene rings is 2. The van der Waals surface area contributed by atoms with Crippen molar-refractivity contribution in [2.75, 3.05) is 26.8 Å². The van der Waals surface area contributed by atoms with Gasteiger partial charge in [0.15, 0.2) is 0 Å². The summed E-state index contributed by atoms with van der Waals surface area (Å²) in [5, 5.41) is 12.4. The Morgan fingerprint density at radius 3 is 2.29 bits per heavy atom. The predicted molar refractivity (Wildman–Crippen MR) is 128 cm³/mol. The van der Waals surface area contributed by atoms with E-state index in [1.165, 1.54) is 11.9 Å². The molecule has 2 aliphatic carbocycles. The van der Waals surface area contributed by atoms with Gasteiger partial charge in [-0.25, -0.2) is 9.59 Å². The first kappa shape index (κ1) is 23.4. The van der Waals surface area contributed by atoms with Gasteiger partial charge in [0.05, 0.1) is 0 Å². The van der Waals surface area contributed by atoms with E-state index >= 15 is 0 Å². The number of nitrogens with zero attached hydrogens (tertiary/aromatic N) is 1. The van der Waals surface area contributed by atoms with Gasteiger partial charge >= 0.3 is 12.1 Å². The van der Waals surface area contributed by atoms with Gasteiger partial charge in [-0.15, -0.1) is 0 Å². The summed E-state index contributed by atoms with van der Waals surface area (Å²) in [6, 6.07) is 16.3. The molecule has 2 atom stereocenters. The molecule has 184 valence electrons. The highest BCUT2D eigenvalue weighted by Gasteiger charge is 2.52. The van der Waals surface area contributed by atoms with Gasteiger partial charge in [-0.3, -0.25) is 4.79 Å². The van der Waals surface area contributed by atoms with Crippen molar-refractivity contribution >= 4 is 18.0 Å². The largest absolute Gasteiger partial charge is 0.479 e. The number of rotatable bonds is 7. The molecule has 0 unspecified atom stereocenters. The van der Waals surface area contributed by atoms with Crippen molar-refractivity contribution in [2.45, 2.75) is 43.2 Å². The Hall–Kier alpha value is -3.39. The lowest BCUT2D eigenvalue weighted by molar-refractivity contribution is -0.168. The van der Waals surface area contributed by atoms with Gasteiger partial charge < -0.3 is 24.8 Å². The highest BCUT2D eigenvalue weighted by Crippen LogP contribution is 2.44. The van der Waals surface area contributed by atoms with Crippen LogP contribution in [0.15, 0.2) is 48.5 Å². The van der Waals surface area contributed by atoms with Crippen molar-refractivity contribution in [1.29, 1.82) is 0 Å². The summed E-state index contributed by atoms with van der Waals surface area (Å²) in [4.78, 5) is 38.7. The Bertz CT molecular complexity index is 1100. The number of carboxylic acid groups (broad SMARTS) is 1. The highest BCUT2D eigenvalue weighted by atomic mass is 16.5. The molecule has 2 aromatic carbocycles. The second-order valence-electron chi connectivity index (χ2n) is 9.63. The van der Waals surface area contributed by atoms with Crippen LogP contribution in [-0.4, -0.2) is 66.4 Å². The van der Waals surface area contributed by atoms with Gasteiger partial charge in [0.1, 0.15) is 18.2 Å². The van der Waals surface area contributed by atoms with E-state index in [9.17, 15) is 19.5 Å². The number of alkyl carbamates (subject to hydrolysis) is 1. The number of ether oxygens (including phenoxy) is 2. The minimum Gasteiger partial charge on any atom is -0.479 e. The van der Waals surface area contributed by atoms with Crippen LogP contribution in [0.1, 0.15) is 42.7 Å². The van der Waals surface area contributed by atoms with Crippen molar-refractivity contribution in [2.24, 2.45) is 5.92 Å². The summed E-state index contributed by atoms with van der Waals surface area (Å²) in [7, 11) is 1.54. The van der Waals surface area contributed by atoms with Gasteiger partial charge in [-0.2, -0.15) is 0 Å². The molecular formula is C27H30N2O6. The average Bonchev–Trinajstić information content (AvgIpc) is 3.42. The monoisotopic (exact) mass is 478 g/mol. The lowest BCUT2D eigenvalue weighted by Gasteiger charge is -2.45. The third kappa shape index (κ3) is 4.05. The quantitative estimate of drug-likeness (QED) is 0.632. The van der Waals surface area contributed by atoms with Crippen LogP contribution in [0, 0.1) is 5.92 Å². The lowest BCUT2D eigenvalue weighted by Crippen LogP contribution is -2.62. The standard InChI is InChI=1S/C27H30N2O6/c1-29(27(25(31)32)12-6-13-27)24(30)23-17(11-14-34-23)15-28-26(33)35-16-22-20-9-4-2-7-18(20)19-8-3-5-10-21(19)22/h2-5,7-10,17,22-23H,6,11-16H2,1H3,(H,28,33)(H,31,32)/t17-,23-/m0/s1. The molecule has 2 N–H and O–H groups in total. The van der Waals surface area contributed by atoms with E-state index in [-0.39, 0.29) is 30.9 Å². The van der Waals surface area contributed by atoms with Crippen LogP contribution in [0.3, 0.4) is 0 Å². The molecule has 35 heavy (non-hydrogen) atoms. The van der Waals surface area contributed by atoms with Gasteiger partial charge in [0.2, 0.25) is 0 Å². The molecule has 1 aliphatic heterocycles. The van der Waals surface area contributed by atoms with Gasteiger partial charge in [0, 0.05) is 32.0 Å². The zero-order valence-corrected chi connectivity index (χ0v) is 19.7. The summed E-state index contributed by atoms with van der Waals surface area (Å²) in [5.41, 5.74) is 3.46. The summed E-state index contributed by atoms with van der Waals surface area (Å²) in [6.07, 6.45) is 0.959. The number of amides is 2. The number of hydrogen-bond donors (Lipinski definition) is 2. The second-order valence-corrected chi connectivity index (χ2v) is 9.63. The van der Waals surface area contributed by atoms with E-state index in [2.05, 4.69) is 29.6 Å². The average molecular weight is 479 g/mol. The van der Waals surface area contributed by atoms with E-state index in [0.717, 1.165) is 28.7 Å². The van der Waals surface area contributed by atoms with Crippen LogP contribution in [-0.2, 0) is 19.1 Å². The lowest BCUT2D eigenvalue weighted by atomic mass is 9.75. The fourth-order valence-electron chi connectivity index (χ4n) is 5.59. The van der Waals surface area contributed by atoms with E-state index < -0.39 is 23.7 Å². The van der Waals surface area contributed by atoms with Gasteiger partial charge in [0.25, 0.3) is 5.91 Å². The maximum atomic E-state index is 13.1. The number of likely N-dealkylation sites (N-methyl/N-ethyl adjacent to an activating group) is 1. The first-order chi connectivity index (χ1) is 16.9. The first-order valence-corrected chi connectivity index (χ1v) is 12.1. The fraction of sp³-hybridized carbons (Fsp3) is 0.444. The van der Waals surface area contributed by atoms with E-state index in [1.54, 1.807) is 0 Å². The molecule has 1 heterocycles. The molecule has 3 aliphatic rings. The minimum atomic E-state index is -1.15. The van der Waals surface area contributed by atoms with Gasteiger partial charge in [-0.1, -0.05) is 48.5 Å². The fourth-order valence-corrected chi connectivity index (χ4v) is 5.59. The van der Waals surface area contributed by atoms with E-state index in [4.69, 9.17) is 9.47 Å². The Kier molecular flexibility index (Phi) is 6.23. The number of carbonyl (C=O) groups excluding carboxylic acids is 2. The maximum Gasteiger partial charge on any atom is 0.407 e. The molecule has 1 saturated heterocycles. The smallest absolute Gasteiger partial charge is 0.407 e. The first-order valence-electron chi connectivity index (χ1n) is 12.1. The molecule has 5 rings (SSSR count). The van der Waals surface area contributed by atoms with Crippen LogP contribution in [0.5, 0.6) is 0 Å². The molecule has 0 aromatic heterocycles. The molecule has 2 fully saturated rings. The zero-order chi connectivity index (χ0) is 24.6. The normalized spacial score (nSPS) is 22.0. The van der Waals surface area contributed by atoms with E-state index in [1.807, 2.05) is 24.3 Å². The molecular weight excluding hydrogens is 448 g/mol. The molecule has 2 aromatic rings. The molecule has 1 saturated carbocycles. The number of aliphatic carboxylic acids is 1. The predicted octanol–water partition coefficient (Wildman–Crippen LogP) is 3.40. The summed E-state index contributed by atoms with van der Waals surface area (Å²) < 4.78 is 11.3. The Morgan fingerprint density at radius 2 is 1.71 bits per heavy atom. The number of hydrogen-bond acceptors (Lipinski definition) is 5. The van der Waals surface area contributed by atoms with Crippen LogP contribution < -0.4 is 5.32 Å². The number of carbonyl (C=O) groups is 3. The van der Waals surface area contributed by atoms with Gasteiger partial charge in [-0.05, 0) is 47.9 Å². The summed E-state index contributed by atoms with van der Waals surface area (Å²) in [6.45, 7) is 0.829. The van der Waals surface area contributed by atoms with Crippen LogP contribution in [0.4, 0.5) is 4.79 Å². The number of carboxylic acids is 1. The molecule has 2 amide bonds. The summed E-state index contributed by atoms with van der Waals surface area (Å²) in [5.74, 6) is -1.59. The Morgan fingerprint density at radius 1 is 1.09 bits per heavy atom. The third-order valence-electron chi connectivity index (χ3n) is 7.86. The third-order valence-corrected chi connectivity index (χ3v) is 7.86. The zero-order valence-electron chi connectivity index (χ0n) is 19.7.